The molecule has 0 aliphatic rings. The maximum atomic E-state index is 12.3. The number of aromatic nitrogens is 1. The van der Waals surface area contributed by atoms with Crippen molar-refractivity contribution in [2.24, 2.45) is 0 Å². The van der Waals surface area contributed by atoms with E-state index >= 15 is 0 Å². The van der Waals surface area contributed by atoms with Gasteiger partial charge < -0.3 is 14.4 Å². The Morgan fingerprint density at radius 3 is 2.48 bits per heavy atom. The van der Waals surface area contributed by atoms with Gasteiger partial charge in [-0.15, -0.1) is 0 Å². The van der Waals surface area contributed by atoms with Crippen molar-refractivity contribution in [2.45, 2.75) is 39.7 Å². The summed E-state index contributed by atoms with van der Waals surface area (Å²) in [5, 5.41) is 0.749. The van der Waals surface area contributed by atoms with Gasteiger partial charge in [-0.05, 0) is 45.4 Å². The molecule has 8 heteroatoms. The van der Waals surface area contributed by atoms with Gasteiger partial charge in [-0.2, -0.15) is 0 Å². The van der Waals surface area contributed by atoms with Crippen LogP contribution in [0, 0.1) is 6.92 Å². The highest BCUT2D eigenvalue weighted by Gasteiger charge is 2.21. The largest absolute Gasteiger partial charge is 0.456 e. The van der Waals surface area contributed by atoms with Crippen LogP contribution in [0.2, 0.25) is 10.0 Å². The molecule has 0 aliphatic heterocycles. The molecule has 0 atom stereocenters. The molecule has 2 aromatic rings. The second-order valence-electron chi connectivity index (χ2n) is 7.65. The first kappa shape index (κ1) is 23.0. The second kappa shape index (κ2) is 9.46. The van der Waals surface area contributed by atoms with E-state index in [9.17, 15) is 9.59 Å². The Kier molecular flexibility index (Phi) is 7.49. The second-order valence-corrected chi connectivity index (χ2v) is 8.40. The number of carbonyl (C=O) groups is 2. The lowest BCUT2D eigenvalue weighted by Gasteiger charge is -2.24. The standard InChI is InChI=1S/C21H24Cl2N2O4/c1-13-6-7-17(19(23)18(13)22)28-16-8-9-24-14(11-16)10-15(26)12-25(5)20(27)29-21(2,3)4/h6-9,11H,10,12H2,1-5H3. The summed E-state index contributed by atoms with van der Waals surface area (Å²) in [6.45, 7) is 7.07. The maximum Gasteiger partial charge on any atom is 0.410 e. The quantitative estimate of drug-likeness (QED) is 0.597. The van der Waals surface area contributed by atoms with Crippen molar-refractivity contribution < 1.29 is 19.1 Å². The lowest BCUT2D eigenvalue weighted by molar-refractivity contribution is -0.119. The minimum Gasteiger partial charge on any atom is -0.456 e. The van der Waals surface area contributed by atoms with E-state index in [1.807, 2.05) is 13.0 Å². The van der Waals surface area contributed by atoms with Gasteiger partial charge in [-0.3, -0.25) is 9.78 Å². The molecule has 0 spiro atoms. The van der Waals surface area contributed by atoms with Gasteiger partial charge in [0.1, 0.15) is 22.1 Å². The summed E-state index contributed by atoms with van der Waals surface area (Å²) in [6.07, 6.45) is 1.04. The molecule has 0 saturated heterocycles. The molecule has 2 rings (SSSR count). The molecule has 0 N–H and O–H groups in total. The van der Waals surface area contributed by atoms with E-state index in [2.05, 4.69) is 4.98 Å². The predicted octanol–water partition coefficient (Wildman–Crippen LogP) is 5.47. The van der Waals surface area contributed by atoms with Crippen molar-refractivity contribution in [3.05, 3.63) is 51.8 Å². The average molecular weight is 439 g/mol. The molecule has 29 heavy (non-hydrogen) atoms. The Hall–Kier alpha value is -2.31. The number of hydrogen-bond donors (Lipinski definition) is 0. The Morgan fingerprint density at radius 1 is 1.14 bits per heavy atom. The number of likely N-dealkylation sites (N-methyl/N-ethyl adjacent to an activating group) is 1. The van der Waals surface area contributed by atoms with E-state index in [0.29, 0.717) is 27.2 Å². The number of halogens is 2. The number of carbonyl (C=O) groups excluding carboxylic acids is 2. The molecule has 0 saturated carbocycles. The van der Waals surface area contributed by atoms with Crippen LogP contribution in [0.1, 0.15) is 32.0 Å². The smallest absolute Gasteiger partial charge is 0.410 e. The van der Waals surface area contributed by atoms with Gasteiger partial charge in [0.15, 0.2) is 5.78 Å². The number of aryl methyl sites for hydroxylation is 1. The topological polar surface area (TPSA) is 68.7 Å². The molecule has 6 nitrogen and oxygen atoms in total. The fraction of sp³-hybridized carbons (Fsp3) is 0.381. The van der Waals surface area contributed by atoms with Gasteiger partial charge in [0.25, 0.3) is 0 Å². The molecular formula is C21H24Cl2N2O4. The summed E-state index contributed by atoms with van der Waals surface area (Å²) >= 11 is 12.4. The minimum atomic E-state index is -0.623. The number of ketones is 1. The van der Waals surface area contributed by atoms with E-state index in [-0.39, 0.29) is 18.7 Å². The van der Waals surface area contributed by atoms with Crippen molar-refractivity contribution in [1.82, 2.24) is 9.88 Å². The minimum absolute atomic E-state index is 0.0483. The zero-order chi connectivity index (χ0) is 21.8. The lowest BCUT2D eigenvalue weighted by atomic mass is 10.2. The Labute approximate surface area is 180 Å². The molecule has 1 aromatic heterocycles. The van der Waals surface area contributed by atoms with Crippen molar-refractivity contribution in [3.63, 3.8) is 0 Å². The van der Waals surface area contributed by atoms with Crippen LogP contribution < -0.4 is 4.74 Å². The van der Waals surface area contributed by atoms with Crippen LogP contribution in [0.4, 0.5) is 4.79 Å². The fourth-order valence-electron chi connectivity index (χ4n) is 2.38. The molecule has 0 unspecified atom stereocenters. The van der Waals surface area contributed by atoms with Crippen molar-refractivity contribution in [3.8, 4) is 11.5 Å². The number of pyridine rings is 1. The summed E-state index contributed by atoms with van der Waals surface area (Å²) in [5.74, 6) is 0.708. The molecule has 1 heterocycles. The van der Waals surface area contributed by atoms with Crippen molar-refractivity contribution in [1.29, 1.82) is 0 Å². The van der Waals surface area contributed by atoms with Gasteiger partial charge >= 0.3 is 6.09 Å². The predicted molar refractivity (Wildman–Crippen MR) is 113 cm³/mol. The number of benzene rings is 1. The molecule has 0 bridgehead atoms. The summed E-state index contributed by atoms with van der Waals surface area (Å²) in [4.78, 5) is 29.7. The molecule has 0 radical (unpaired) electrons. The normalized spacial score (nSPS) is 11.1. The highest BCUT2D eigenvalue weighted by molar-refractivity contribution is 6.43. The molecule has 0 aliphatic carbocycles. The SMILES string of the molecule is Cc1ccc(Oc2ccnc(CC(=O)CN(C)C(=O)OC(C)(C)C)c2)c(Cl)c1Cl. The third-order valence-corrected chi connectivity index (χ3v) is 4.71. The first-order valence-corrected chi connectivity index (χ1v) is 9.75. The fourth-order valence-corrected chi connectivity index (χ4v) is 2.78. The van der Waals surface area contributed by atoms with E-state index in [1.165, 1.54) is 11.9 Å². The molecule has 0 fully saturated rings. The number of rotatable bonds is 6. The summed E-state index contributed by atoms with van der Waals surface area (Å²) < 4.78 is 11.0. The van der Waals surface area contributed by atoms with Gasteiger partial charge in [-0.1, -0.05) is 29.3 Å². The third-order valence-electron chi connectivity index (χ3n) is 3.75. The summed E-state index contributed by atoms with van der Waals surface area (Å²) in [7, 11) is 1.52. The van der Waals surface area contributed by atoms with Crippen LogP contribution in [-0.4, -0.2) is 41.0 Å². The van der Waals surface area contributed by atoms with E-state index in [4.69, 9.17) is 32.7 Å². The van der Waals surface area contributed by atoms with Crippen LogP contribution in [-0.2, 0) is 16.0 Å². The van der Waals surface area contributed by atoms with Gasteiger partial charge in [-0.25, -0.2) is 4.79 Å². The summed E-state index contributed by atoms with van der Waals surface area (Å²) in [6, 6.07) is 6.84. The number of Topliss-reactive ketones (excluding diaryl/α,β-unsaturated/α-hetero) is 1. The number of amides is 1. The molecule has 1 aromatic carbocycles. The van der Waals surface area contributed by atoms with Gasteiger partial charge in [0.2, 0.25) is 0 Å². The summed E-state index contributed by atoms with van der Waals surface area (Å²) in [5.41, 5.74) is 0.737. The van der Waals surface area contributed by atoms with Crippen LogP contribution in [0.5, 0.6) is 11.5 Å². The number of nitrogens with zero attached hydrogens (tertiary/aromatic N) is 2. The Morgan fingerprint density at radius 2 is 1.83 bits per heavy atom. The van der Waals surface area contributed by atoms with Crippen LogP contribution >= 0.6 is 23.2 Å². The third kappa shape index (κ3) is 6.91. The van der Waals surface area contributed by atoms with E-state index in [1.54, 1.807) is 45.2 Å². The first-order chi connectivity index (χ1) is 13.5. The van der Waals surface area contributed by atoms with E-state index in [0.717, 1.165) is 5.56 Å². The van der Waals surface area contributed by atoms with Crippen LogP contribution in [0.25, 0.3) is 0 Å². The highest BCUT2D eigenvalue weighted by Crippen LogP contribution is 2.36. The molecular weight excluding hydrogens is 415 g/mol. The van der Waals surface area contributed by atoms with Crippen LogP contribution in [0.3, 0.4) is 0 Å². The Bertz CT molecular complexity index is 910. The van der Waals surface area contributed by atoms with Crippen LogP contribution in [0.15, 0.2) is 30.5 Å². The lowest BCUT2D eigenvalue weighted by Crippen LogP contribution is -2.37. The zero-order valence-corrected chi connectivity index (χ0v) is 18.6. The Balaban J connectivity index is 2.02. The zero-order valence-electron chi connectivity index (χ0n) is 17.1. The van der Waals surface area contributed by atoms with E-state index < -0.39 is 11.7 Å². The molecule has 1 amide bonds. The van der Waals surface area contributed by atoms with Gasteiger partial charge in [0, 0.05) is 19.3 Å². The van der Waals surface area contributed by atoms with Gasteiger partial charge in [0.05, 0.1) is 23.7 Å². The maximum absolute atomic E-state index is 12.3. The number of hydrogen-bond acceptors (Lipinski definition) is 5. The highest BCUT2D eigenvalue weighted by atomic mass is 35.5. The van der Waals surface area contributed by atoms with Crippen molar-refractivity contribution >= 4 is 35.1 Å². The number of ether oxygens (including phenoxy) is 2. The molecule has 156 valence electrons. The van der Waals surface area contributed by atoms with Crippen molar-refractivity contribution in [2.75, 3.05) is 13.6 Å². The average Bonchev–Trinajstić information content (AvgIpc) is 2.61. The monoisotopic (exact) mass is 438 g/mol. The first-order valence-electron chi connectivity index (χ1n) is 8.99.